The number of unbranched alkanes of at least 4 members (excludes halogenated alkanes) is 7. The minimum absolute atomic E-state index is 0.174. The van der Waals surface area contributed by atoms with E-state index >= 15 is 0 Å². The van der Waals surface area contributed by atoms with Crippen LogP contribution in [-0.4, -0.2) is 10.2 Å². The van der Waals surface area contributed by atoms with Crippen LogP contribution in [0.5, 0.6) is 0 Å². The Bertz CT molecular complexity index is 180. The summed E-state index contributed by atoms with van der Waals surface area (Å²) in [7, 11) is 0. The lowest BCUT2D eigenvalue weighted by Gasteiger charge is -2.09. The maximum Gasteiger partial charge on any atom is 0.156 e. The smallest absolute Gasteiger partial charge is 0.156 e. The zero-order chi connectivity index (χ0) is 12.9. The Balaban J connectivity index is 3.13. The van der Waals surface area contributed by atoms with E-state index in [2.05, 4.69) is 26.1 Å². The van der Waals surface area contributed by atoms with E-state index in [1.807, 2.05) is 0 Å². The zero-order valence-corrected chi connectivity index (χ0v) is 12.5. The molecule has 0 amide bonds. The highest BCUT2D eigenvalue weighted by molar-refractivity contribution is 7.80. The normalized spacial score (nSPS) is 12.6. The van der Waals surface area contributed by atoms with Gasteiger partial charge in [0.2, 0.25) is 0 Å². The van der Waals surface area contributed by atoms with E-state index in [1.165, 1.54) is 57.8 Å². The van der Waals surface area contributed by atoms with E-state index in [0.29, 0.717) is 12.3 Å². The fourth-order valence-electron chi connectivity index (χ4n) is 2.14. The molecule has 17 heavy (non-hydrogen) atoms. The van der Waals surface area contributed by atoms with E-state index in [0.717, 1.165) is 6.42 Å². The summed E-state index contributed by atoms with van der Waals surface area (Å²) in [5.74, 6) is 0.709. The maximum absolute atomic E-state index is 8.95. The van der Waals surface area contributed by atoms with Crippen LogP contribution in [0.1, 0.15) is 84.5 Å². The van der Waals surface area contributed by atoms with Gasteiger partial charge in [0, 0.05) is 6.42 Å². The SMILES string of the molecule is CCCCCCCCCCC(C)CCC(O)=S. The summed E-state index contributed by atoms with van der Waals surface area (Å²) in [5.41, 5.74) is 0. The fourth-order valence-corrected chi connectivity index (χ4v) is 2.26. The zero-order valence-electron chi connectivity index (χ0n) is 11.7. The predicted molar refractivity (Wildman–Crippen MR) is 80.9 cm³/mol. The standard InChI is InChI=1S/C15H30OS/c1-3-4-5-6-7-8-9-10-11-14(2)12-13-15(16)17/h14H,3-13H2,1-2H3,(H,16,17). The van der Waals surface area contributed by atoms with Crippen molar-refractivity contribution in [3.8, 4) is 0 Å². The van der Waals surface area contributed by atoms with E-state index in [4.69, 9.17) is 5.11 Å². The molecule has 102 valence electrons. The first-order chi connectivity index (χ1) is 8.16. The average molecular weight is 258 g/mol. The second-order valence-corrected chi connectivity index (χ2v) is 5.77. The third-order valence-electron chi connectivity index (χ3n) is 3.40. The molecule has 1 N–H and O–H groups in total. The maximum atomic E-state index is 8.95. The highest BCUT2D eigenvalue weighted by Crippen LogP contribution is 2.16. The molecule has 0 bridgehead atoms. The lowest BCUT2D eigenvalue weighted by atomic mass is 9.97. The highest BCUT2D eigenvalue weighted by atomic mass is 32.1. The lowest BCUT2D eigenvalue weighted by molar-refractivity contribution is 0.447. The molecule has 0 radical (unpaired) electrons. The monoisotopic (exact) mass is 258 g/mol. The van der Waals surface area contributed by atoms with Gasteiger partial charge in [-0.2, -0.15) is 0 Å². The molecule has 0 heterocycles. The van der Waals surface area contributed by atoms with Gasteiger partial charge in [-0.05, 0) is 24.6 Å². The van der Waals surface area contributed by atoms with Gasteiger partial charge >= 0.3 is 0 Å². The van der Waals surface area contributed by atoms with Gasteiger partial charge in [0.05, 0.1) is 0 Å². The molecule has 0 saturated carbocycles. The molecule has 0 rings (SSSR count). The van der Waals surface area contributed by atoms with Gasteiger partial charge in [0.25, 0.3) is 0 Å². The van der Waals surface area contributed by atoms with Crippen LogP contribution in [0.15, 0.2) is 0 Å². The van der Waals surface area contributed by atoms with Crippen molar-refractivity contribution < 1.29 is 5.11 Å². The molecule has 0 spiro atoms. The Hall–Kier alpha value is -0.110. The number of aliphatic hydroxyl groups excluding tert-OH is 1. The summed E-state index contributed by atoms with van der Waals surface area (Å²) in [5, 5.41) is 9.12. The second-order valence-electron chi connectivity index (χ2n) is 5.30. The minimum atomic E-state index is 0.174. The molecule has 0 aromatic carbocycles. The molecule has 0 aliphatic carbocycles. The molecule has 0 fully saturated rings. The van der Waals surface area contributed by atoms with Crippen LogP contribution in [0.3, 0.4) is 0 Å². The van der Waals surface area contributed by atoms with Gasteiger partial charge in [-0.3, -0.25) is 0 Å². The molecule has 1 unspecified atom stereocenters. The molecule has 0 aromatic rings. The van der Waals surface area contributed by atoms with Crippen LogP contribution in [-0.2, 0) is 0 Å². The third-order valence-corrected chi connectivity index (χ3v) is 3.61. The van der Waals surface area contributed by atoms with Crippen molar-refractivity contribution in [2.24, 2.45) is 5.92 Å². The molecule has 0 saturated heterocycles. The van der Waals surface area contributed by atoms with Crippen molar-refractivity contribution in [3.63, 3.8) is 0 Å². The predicted octanol–water partition coefficient (Wildman–Crippen LogP) is 5.82. The number of hydrogen-bond acceptors (Lipinski definition) is 1. The van der Waals surface area contributed by atoms with Gasteiger partial charge < -0.3 is 5.11 Å². The van der Waals surface area contributed by atoms with Crippen molar-refractivity contribution >= 4 is 17.3 Å². The fraction of sp³-hybridized carbons (Fsp3) is 0.933. The molecule has 2 heteroatoms. The third kappa shape index (κ3) is 13.8. The highest BCUT2D eigenvalue weighted by Gasteiger charge is 2.03. The first kappa shape index (κ1) is 16.9. The summed E-state index contributed by atoms with van der Waals surface area (Å²) in [4.78, 5) is 0. The van der Waals surface area contributed by atoms with Gasteiger partial charge in [-0.1, -0.05) is 71.6 Å². The Morgan fingerprint density at radius 3 is 2.00 bits per heavy atom. The van der Waals surface area contributed by atoms with Gasteiger partial charge in [-0.25, -0.2) is 0 Å². The van der Waals surface area contributed by atoms with Gasteiger partial charge in [0.15, 0.2) is 5.05 Å². The molecular weight excluding hydrogens is 228 g/mol. The molecule has 1 atom stereocenters. The lowest BCUT2D eigenvalue weighted by Crippen LogP contribution is -1.99. The van der Waals surface area contributed by atoms with Crippen LogP contribution in [0.25, 0.3) is 0 Å². The topological polar surface area (TPSA) is 20.2 Å². The molecular formula is C15H30OS. The van der Waals surface area contributed by atoms with E-state index in [1.54, 1.807) is 0 Å². The van der Waals surface area contributed by atoms with Crippen LogP contribution < -0.4 is 0 Å². The summed E-state index contributed by atoms with van der Waals surface area (Å²) in [6, 6.07) is 0. The number of rotatable bonds is 12. The van der Waals surface area contributed by atoms with Crippen LogP contribution in [0, 0.1) is 5.92 Å². The quantitative estimate of drug-likeness (QED) is 0.351. The van der Waals surface area contributed by atoms with E-state index in [-0.39, 0.29) is 5.05 Å². The van der Waals surface area contributed by atoms with E-state index < -0.39 is 0 Å². The molecule has 0 aromatic heterocycles. The van der Waals surface area contributed by atoms with Crippen molar-refractivity contribution in [2.75, 3.05) is 0 Å². The number of hydrogen-bond donors (Lipinski definition) is 1. The summed E-state index contributed by atoms with van der Waals surface area (Å²) >= 11 is 4.67. The summed E-state index contributed by atoms with van der Waals surface area (Å²) < 4.78 is 0. The van der Waals surface area contributed by atoms with Crippen molar-refractivity contribution in [1.29, 1.82) is 0 Å². The Morgan fingerprint density at radius 1 is 0.941 bits per heavy atom. The summed E-state index contributed by atoms with van der Waals surface area (Å²) in [6.07, 6.45) is 14.1. The minimum Gasteiger partial charge on any atom is -0.502 e. The van der Waals surface area contributed by atoms with Crippen LogP contribution >= 0.6 is 12.2 Å². The van der Waals surface area contributed by atoms with Gasteiger partial charge in [-0.15, -0.1) is 0 Å². The Morgan fingerprint density at radius 2 is 1.47 bits per heavy atom. The Labute approximate surface area is 113 Å². The molecule has 0 aliphatic heterocycles. The largest absolute Gasteiger partial charge is 0.502 e. The van der Waals surface area contributed by atoms with Crippen LogP contribution in [0.4, 0.5) is 0 Å². The Kier molecular flexibility index (Phi) is 12.3. The van der Waals surface area contributed by atoms with Crippen molar-refractivity contribution in [2.45, 2.75) is 84.5 Å². The summed E-state index contributed by atoms with van der Waals surface area (Å²) in [6.45, 7) is 4.53. The van der Waals surface area contributed by atoms with Crippen LogP contribution in [0.2, 0.25) is 0 Å². The van der Waals surface area contributed by atoms with E-state index in [9.17, 15) is 0 Å². The molecule has 0 aliphatic rings. The van der Waals surface area contributed by atoms with Crippen molar-refractivity contribution in [1.82, 2.24) is 0 Å². The van der Waals surface area contributed by atoms with Crippen molar-refractivity contribution in [3.05, 3.63) is 0 Å². The first-order valence-electron chi connectivity index (χ1n) is 7.38. The van der Waals surface area contributed by atoms with Gasteiger partial charge in [0.1, 0.15) is 0 Å². The number of aliphatic hydroxyl groups is 1. The average Bonchev–Trinajstić information content (AvgIpc) is 2.30. The second kappa shape index (κ2) is 12.3. The molecule has 1 nitrogen and oxygen atoms in total. The number of thiocarbonyl (C=S) groups is 1. The first-order valence-corrected chi connectivity index (χ1v) is 7.79.